The number of aliphatic carboxylic acids is 1. The summed E-state index contributed by atoms with van der Waals surface area (Å²) in [5, 5.41) is 13.9. The van der Waals surface area contributed by atoms with Crippen molar-refractivity contribution in [1.29, 1.82) is 0 Å². The summed E-state index contributed by atoms with van der Waals surface area (Å²) in [6, 6.07) is 1.17. The van der Waals surface area contributed by atoms with Crippen LogP contribution in [0.4, 0.5) is 0 Å². The lowest BCUT2D eigenvalue weighted by Crippen LogP contribution is -2.46. The second-order valence-electron chi connectivity index (χ2n) is 7.25. The number of nitrogens with zero attached hydrogens (tertiary/aromatic N) is 4. The molecule has 1 N–H and O–H groups in total. The lowest BCUT2D eigenvalue weighted by molar-refractivity contribution is -0.141. The highest BCUT2D eigenvalue weighted by Gasteiger charge is 2.48. The molecule has 2 aromatic rings. The van der Waals surface area contributed by atoms with Crippen molar-refractivity contribution in [3.8, 4) is 0 Å². The zero-order valence-corrected chi connectivity index (χ0v) is 14.5. The number of rotatable bonds is 2. The summed E-state index contributed by atoms with van der Waals surface area (Å²) in [6.07, 6.45) is 6.12. The lowest BCUT2D eigenvalue weighted by atomic mass is 9.84. The third-order valence-corrected chi connectivity index (χ3v) is 5.62. The maximum Gasteiger partial charge on any atom is 0.326 e. The van der Waals surface area contributed by atoms with E-state index >= 15 is 0 Å². The van der Waals surface area contributed by atoms with E-state index in [-0.39, 0.29) is 17.9 Å². The van der Waals surface area contributed by atoms with E-state index < -0.39 is 12.0 Å². The highest BCUT2D eigenvalue weighted by molar-refractivity contribution is 6.01. The molecule has 1 saturated carbocycles. The molecule has 4 rings (SSSR count). The summed E-state index contributed by atoms with van der Waals surface area (Å²) in [5.74, 6) is -0.883. The molecule has 7 heteroatoms. The van der Waals surface area contributed by atoms with Gasteiger partial charge in [-0.3, -0.25) is 4.79 Å². The summed E-state index contributed by atoms with van der Waals surface area (Å²) in [6.45, 7) is 3.79. The number of fused-ring (bicyclic) bond motifs is 2. The monoisotopic (exact) mass is 342 g/mol. The molecule has 7 nitrogen and oxygen atoms in total. The van der Waals surface area contributed by atoms with Gasteiger partial charge in [0.25, 0.3) is 5.91 Å². The molecule has 2 aromatic heterocycles. The zero-order chi connectivity index (χ0) is 17.7. The van der Waals surface area contributed by atoms with Gasteiger partial charge in [-0.1, -0.05) is 12.8 Å². The minimum absolute atomic E-state index is 0.0169. The minimum atomic E-state index is -0.917. The van der Waals surface area contributed by atoms with Crippen molar-refractivity contribution in [3.05, 3.63) is 29.2 Å². The second kappa shape index (κ2) is 5.82. The van der Waals surface area contributed by atoms with Crippen molar-refractivity contribution >= 4 is 17.5 Å². The third-order valence-electron chi connectivity index (χ3n) is 5.62. The molecule has 1 amide bonds. The normalized spacial score (nSPS) is 26.0. The largest absolute Gasteiger partial charge is 0.480 e. The van der Waals surface area contributed by atoms with Gasteiger partial charge in [-0.05, 0) is 45.1 Å². The molecule has 0 spiro atoms. The summed E-state index contributed by atoms with van der Waals surface area (Å²) in [7, 11) is 0. The van der Waals surface area contributed by atoms with E-state index in [2.05, 4.69) is 10.1 Å². The van der Waals surface area contributed by atoms with E-state index in [0.29, 0.717) is 17.6 Å². The van der Waals surface area contributed by atoms with E-state index in [0.717, 1.165) is 37.1 Å². The molecule has 1 aliphatic carbocycles. The molecule has 132 valence electrons. The predicted octanol–water partition coefficient (Wildman–Crippen LogP) is 2.20. The number of carbonyl (C=O) groups excluding carboxylic acids is 1. The SMILES string of the molecule is Cc1cc(C)n2ncc(C(=O)N3[C@@H]4CCCC[C@H]4C[C@H]3C(=O)O)c2n1. The van der Waals surface area contributed by atoms with Gasteiger partial charge < -0.3 is 10.0 Å². The van der Waals surface area contributed by atoms with Crippen LogP contribution in [0, 0.1) is 19.8 Å². The van der Waals surface area contributed by atoms with Gasteiger partial charge >= 0.3 is 5.97 Å². The number of aromatic nitrogens is 3. The third kappa shape index (κ3) is 2.49. The van der Waals surface area contributed by atoms with Gasteiger partial charge in [0.05, 0.1) is 6.20 Å². The van der Waals surface area contributed by atoms with Gasteiger partial charge in [-0.15, -0.1) is 0 Å². The molecule has 0 aromatic carbocycles. The number of hydrogen-bond acceptors (Lipinski definition) is 4. The zero-order valence-electron chi connectivity index (χ0n) is 14.5. The Balaban J connectivity index is 1.77. The summed E-state index contributed by atoms with van der Waals surface area (Å²) >= 11 is 0. The van der Waals surface area contributed by atoms with E-state index in [1.54, 1.807) is 9.42 Å². The van der Waals surface area contributed by atoms with Crippen LogP contribution in [0.3, 0.4) is 0 Å². The summed E-state index contributed by atoms with van der Waals surface area (Å²) in [5.41, 5.74) is 2.61. The van der Waals surface area contributed by atoms with Crippen molar-refractivity contribution in [2.45, 2.75) is 58.0 Å². The van der Waals surface area contributed by atoms with Crippen LogP contribution in [-0.2, 0) is 4.79 Å². The Bertz CT molecular complexity index is 859. The molecule has 0 unspecified atom stereocenters. The molecule has 1 aliphatic heterocycles. The number of hydrogen-bond donors (Lipinski definition) is 1. The lowest BCUT2D eigenvalue weighted by Gasteiger charge is -2.32. The van der Waals surface area contributed by atoms with Gasteiger partial charge in [0, 0.05) is 17.4 Å². The average Bonchev–Trinajstić information content (AvgIpc) is 3.15. The fraction of sp³-hybridized carbons (Fsp3) is 0.556. The Kier molecular flexibility index (Phi) is 3.74. The molecule has 3 atom stereocenters. The van der Waals surface area contributed by atoms with E-state index in [1.807, 2.05) is 19.9 Å². The van der Waals surface area contributed by atoms with Crippen molar-refractivity contribution < 1.29 is 14.7 Å². The molecule has 1 saturated heterocycles. The fourth-order valence-corrected chi connectivity index (χ4v) is 4.53. The first-order valence-electron chi connectivity index (χ1n) is 8.85. The summed E-state index contributed by atoms with van der Waals surface area (Å²) < 4.78 is 1.64. The quantitative estimate of drug-likeness (QED) is 0.904. The highest BCUT2D eigenvalue weighted by Crippen LogP contribution is 2.40. The predicted molar refractivity (Wildman–Crippen MR) is 90.4 cm³/mol. The Labute approximate surface area is 145 Å². The van der Waals surface area contributed by atoms with Crippen LogP contribution in [0.1, 0.15) is 53.8 Å². The van der Waals surface area contributed by atoms with E-state index in [1.165, 1.54) is 6.20 Å². The van der Waals surface area contributed by atoms with Crippen LogP contribution in [-0.4, -0.2) is 48.6 Å². The number of carboxylic acid groups (broad SMARTS) is 1. The van der Waals surface area contributed by atoms with Crippen LogP contribution in [0.15, 0.2) is 12.3 Å². The molecule has 3 heterocycles. The smallest absolute Gasteiger partial charge is 0.326 e. The molecular formula is C18H22N4O3. The Morgan fingerprint density at radius 3 is 2.76 bits per heavy atom. The van der Waals surface area contributed by atoms with E-state index in [4.69, 9.17) is 0 Å². The first-order valence-corrected chi connectivity index (χ1v) is 8.85. The van der Waals surface area contributed by atoms with Crippen LogP contribution < -0.4 is 0 Å². The van der Waals surface area contributed by atoms with Crippen molar-refractivity contribution in [2.24, 2.45) is 5.92 Å². The first-order chi connectivity index (χ1) is 12.0. The Morgan fingerprint density at radius 2 is 2.00 bits per heavy atom. The van der Waals surface area contributed by atoms with E-state index in [9.17, 15) is 14.7 Å². The van der Waals surface area contributed by atoms with Crippen molar-refractivity contribution in [3.63, 3.8) is 0 Å². The average molecular weight is 342 g/mol. The Morgan fingerprint density at radius 1 is 1.24 bits per heavy atom. The number of likely N-dealkylation sites (tertiary alicyclic amines) is 1. The fourth-order valence-electron chi connectivity index (χ4n) is 4.53. The van der Waals surface area contributed by atoms with Gasteiger partial charge in [-0.2, -0.15) is 5.10 Å². The first kappa shape index (κ1) is 16.1. The molecule has 0 bridgehead atoms. The maximum atomic E-state index is 13.3. The number of carboxylic acids is 1. The summed E-state index contributed by atoms with van der Waals surface area (Å²) in [4.78, 5) is 31.1. The number of aryl methyl sites for hydroxylation is 2. The molecule has 25 heavy (non-hydrogen) atoms. The van der Waals surface area contributed by atoms with Gasteiger partial charge in [0.15, 0.2) is 5.65 Å². The number of amides is 1. The van der Waals surface area contributed by atoms with Gasteiger partial charge in [0.2, 0.25) is 0 Å². The molecular weight excluding hydrogens is 320 g/mol. The Hall–Kier alpha value is -2.44. The topological polar surface area (TPSA) is 87.8 Å². The second-order valence-corrected chi connectivity index (χ2v) is 7.25. The molecule has 2 fully saturated rings. The van der Waals surface area contributed by atoms with Crippen molar-refractivity contribution in [2.75, 3.05) is 0 Å². The van der Waals surface area contributed by atoms with Crippen LogP contribution in [0.5, 0.6) is 0 Å². The van der Waals surface area contributed by atoms with Crippen LogP contribution >= 0.6 is 0 Å². The molecule has 2 aliphatic rings. The van der Waals surface area contributed by atoms with Gasteiger partial charge in [0.1, 0.15) is 11.6 Å². The highest BCUT2D eigenvalue weighted by atomic mass is 16.4. The number of carbonyl (C=O) groups is 2. The minimum Gasteiger partial charge on any atom is -0.480 e. The van der Waals surface area contributed by atoms with Crippen LogP contribution in [0.2, 0.25) is 0 Å². The standard InChI is InChI=1S/C18H22N4O3/c1-10-7-11(2)22-16(20-10)13(9-19-22)17(23)21-14-6-4-3-5-12(14)8-15(21)18(24)25/h7,9,12,14-15H,3-6,8H2,1-2H3,(H,24,25)/t12-,14+,15-/m0/s1. The maximum absolute atomic E-state index is 13.3. The van der Waals surface area contributed by atoms with Crippen LogP contribution in [0.25, 0.3) is 5.65 Å². The van der Waals surface area contributed by atoms with Gasteiger partial charge in [-0.25, -0.2) is 14.3 Å². The molecule has 0 radical (unpaired) electrons. The van der Waals surface area contributed by atoms with Crippen molar-refractivity contribution in [1.82, 2.24) is 19.5 Å².